The third-order valence-electron chi connectivity index (χ3n) is 2.50. The molecule has 0 aliphatic rings. The van der Waals surface area contributed by atoms with Crippen molar-refractivity contribution in [3.63, 3.8) is 0 Å². The summed E-state index contributed by atoms with van der Waals surface area (Å²) in [5.74, 6) is 0.449. The van der Waals surface area contributed by atoms with Gasteiger partial charge < -0.3 is 0 Å². The molecule has 0 aliphatic carbocycles. The number of benzene rings is 1. The molecule has 0 fully saturated rings. The lowest BCUT2D eigenvalue weighted by molar-refractivity contribution is 0.247. The number of nitrogens with zero attached hydrogens (tertiary/aromatic N) is 1. The van der Waals surface area contributed by atoms with E-state index in [0.29, 0.717) is 10.4 Å². The molecule has 1 nitrogen and oxygen atoms in total. The van der Waals surface area contributed by atoms with Crippen molar-refractivity contribution in [1.29, 1.82) is 0 Å². The molecule has 0 unspecified atom stereocenters. The Balaban J connectivity index is 2.74. The highest BCUT2D eigenvalue weighted by atomic mass is 79.9. The smallest absolute Gasteiger partial charge is 0.137 e. The van der Waals surface area contributed by atoms with E-state index in [4.69, 9.17) is 0 Å². The van der Waals surface area contributed by atoms with Crippen molar-refractivity contribution in [2.75, 3.05) is 13.1 Å². The van der Waals surface area contributed by atoms with E-state index in [2.05, 4.69) is 41.6 Å². The predicted octanol–water partition coefficient (Wildman–Crippen LogP) is 4.07. The molecule has 90 valence electrons. The van der Waals surface area contributed by atoms with E-state index in [9.17, 15) is 4.39 Å². The molecule has 0 heterocycles. The minimum atomic E-state index is -0.182. The van der Waals surface area contributed by atoms with Gasteiger partial charge in [0.05, 0.1) is 4.47 Å². The van der Waals surface area contributed by atoms with Crippen LogP contribution in [-0.2, 0) is 6.54 Å². The zero-order valence-electron chi connectivity index (χ0n) is 10.1. The Labute approximate surface area is 106 Å². The second-order valence-corrected chi connectivity index (χ2v) is 5.23. The van der Waals surface area contributed by atoms with Crippen molar-refractivity contribution >= 4 is 15.9 Å². The first kappa shape index (κ1) is 13.7. The van der Waals surface area contributed by atoms with Crippen LogP contribution in [0.3, 0.4) is 0 Å². The minimum absolute atomic E-state index is 0.182. The Kier molecular flexibility index (Phi) is 5.42. The van der Waals surface area contributed by atoms with Crippen LogP contribution in [0.2, 0.25) is 0 Å². The third-order valence-corrected chi connectivity index (χ3v) is 3.38. The van der Waals surface area contributed by atoms with Gasteiger partial charge >= 0.3 is 0 Å². The fourth-order valence-corrected chi connectivity index (χ4v) is 2.12. The summed E-state index contributed by atoms with van der Waals surface area (Å²) in [7, 11) is 0. The Bertz CT molecular complexity index is 339. The van der Waals surface area contributed by atoms with E-state index in [-0.39, 0.29) is 5.82 Å². The van der Waals surface area contributed by atoms with Crippen LogP contribution in [0.1, 0.15) is 26.3 Å². The van der Waals surface area contributed by atoms with Gasteiger partial charge in [-0.3, -0.25) is 4.90 Å². The van der Waals surface area contributed by atoms with Crippen molar-refractivity contribution in [2.45, 2.75) is 27.3 Å². The molecule has 0 saturated carbocycles. The Morgan fingerprint density at radius 1 is 1.38 bits per heavy atom. The van der Waals surface area contributed by atoms with Crippen LogP contribution in [0.5, 0.6) is 0 Å². The van der Waals surface area contributed by atoms with Gasteiger partial charge in [-0.05, 0) is 40.0 Å². The van der Waals surface area contributed by atoms with E-state index >= 15 is 0 Å². The van der Waals surface area contributed by atoms with Crippen molar-refractivity contribution in [2.24, 2.45) is 5.92 Å². The average molecular weight is 288 g/mol. The molecule has 0 amide bonds. The molecule has 0 spiro atoms. The number of rotatable bonds is 5. The van der Waals surface area contributed by atoms with Crippen LogP contribution in [0, 0.1) is 11.7 Å². The Morgan fingerprint density at radius 2 is 2.06 bits per heavy atom. The topological polar surface area (TPSA) is 3.24 Å². The van der Waals surface area contributed by atoms with Gasteiger partial charge in [-0.15, -0.1) is 0 Å². The summed E-state index contributed by atoms with van der Waals surface area (Å²) < 4.78 is 13.9. The largest absolute Gasteiger partial charge is 0.299 e. The third kappa shape index (κ3) is 3.87. The second-order valence-electron chi connectivity index (χ2n) is 4.43. The van der Waals surface area contributed by atoms with E-state index in [1.54, 1.807) is 6.07 Å². The average Bonchev–Trinajstić information content (AvgIpc) is 2.23. The number of halogens is 2. The lowest BCUT2D eigenvalue weighted by atomic mass is 10.1. The zero-order chi connectivity index (χ0) is 12.1. The van der Waals surface area contributed by atoms with E-state index in [0.717, 1.165) is 25.2 Å². The van der Waals surface area contributed by atoms with Gasteiger partial charge in [0.2, 0.25) is 0 Å². The number of hydrogen-bond acceptors (Lipinski definition) is 1. The molecule has 0 aromatic heterocycles. The summed E-state index contributed by atoms with van der Waals surface area (Å²) in [6.45, 7) is 9.36. The maximum atomic E-state index is 13.3. The van der Waals surface area contributed by atoms with Crippen molar-refractivity contribution in [3.05, 3.63) is 34.1 Å². The molecule has 16 heavy (non-hydrogen) atoms. The van der Waals surface area contributed by atoms with Gasteiger partial charge in [0.25, 0.3) is 0 Å². The standard InChI is InChI=1S/C13H19BrFN/c1-4-16(8-10(2)3)9-11-6-5-7-12(15)13(11)14/h5-7,10H,4,8-9H2,1-3H3. The van der Waals surface area contributed by atoms with Gasteiger partial charge in [-0.1, -0.05) is 32.9 Å². The summed E-state index contributed by atoms with van der Waals surface area (Å²) in [5, 5.41) is 0. The molecule has 0 radical (unpaired) electrons. The summed E-state index contributed by atoms with van der Waals surface area (Å²) >= 11 is 3.30. The van der Waals surface area contributed by atoms with E-state index in [1.807, 2.05) is 6.07 Å². The van der Waals surface area contributed by atoms with Crippen molar-refractivity contribution in [1.82, 2.24) is 4.90 Å². The fourth-order valence-electron chi connectivity index (χ4n) is 1.73. The molecular weight excluding hydrogens is 269 g/mol. The Morgan fingerprint density at radius 3 is 2.62 bits per heavy atom. The molecule has 0 aliphatic heterocycles. The van der Waals surface area contributed by atoms with Crippen LogP contribution in [0.25, 0.3) is 0 Å². The summed E-state index contributed by atoms with van der Waals surface area (Å²) in [5.41, 5.74) is 1.02. The summed E-state index contributed by atoms with van der Waals surface area (Å²) in [4.78, 5) is 2.32. The molecule has 1 aromatic carbocycles. The molecule has 3 heteroatoms. The van der Waals surface area contributed by atoms with Crippen LogP contribution in [0.4, 0.5) is 4.39 Å². The first-order chi connectivity index (χ1) is 7.54. The van der Waals surface area contributed by atoms with Gasteiger partial charge in [0, 0.05) is 13.1 Å². The van der Waals surface area contributed by atoms with Crippen molar-refractivity contribution < 1.29 is 4.39 Å². The monoisotopic (exact) mass is 287 g/mol. The summed E-state index contributed by atoms with van der Waals surface area (Å²) in [6.07, 6.45) is 0. The fraction of sp³-hybridized carbons (Fsp3) is 0.538. The van der Waals surface area contributed by atoms with Crippen LogP contribution >= 0.6 is 15.9 Å². The van der Waals surface area contributed by atoms with Gasteiger partial charge in [0.1, 0.15) is 5.82 Å². The van der Waals surface area contributed by atoms with Gasteiger partial charge in [-0.25, -0.2) is 4.39 Å². The second kappa shape index (κ2) is 6.36. The van der Waals surface area contributed by atoms with E-state index in [1.165, 1.54) is 6.07 Å². The molecule has 0 N–H and O–H groups in total. The van der Waals surface area contributed by atoms with Gasteiger partial charge in [0.15, 0.2) is 0 Å². The molecular formula is C13H19BrFN. The zero-order valence-corrected chi connectivity index (χ0v) is 11.7. The SMILES string of the molecule is CCN(Cc1cccc(F)c1Br)CC(C)C. The van der Waals surface area contributed by atoms with Gasteiger partial charge in [-0.2, -0.15) is 0 Å². The first-order valence-corrected chi connectivity index (χ1v) is 6.49. The van der Waals surface area contributed by atoms with E-state index < -0.39 is 0 Å². The van der Waals surface area contributed by atoms with Crippen molar-refractivity contribution in [3.8, 4) is 0 Å². The highest BCUT2D eigenvalue weighted by molar-refractivity contribution is 9.10. The maximum absolute atomic E-state index is 13.3. The van der Waals surface area contributed by atoms with Crippen LogP contribution in [0.15, 0.2) is 22.7 Å². The molecule has 0 saturated heterocycles. The molecule has 1 aromatic rings. The quantitative estimate of drug-likeness (QED) is 0.789. The number of hydrogen-bond donors (Lipinski definition) is 0. The lowest BCUT2D eigenvalue weighted by Crippen LogP contribution is -2.27. The molecule has 0 bridgehead atoms. The maximum Gasteiger partial charge on any atom is 0.137 e. The van der Waals surface area contributed by atoms with Crippen LogP contribution < -0.4 is 0 Å². The predicted molar refractivity (Wildman–Crippen MR) is 69.9 cm³/mol. The molecule has 1 rings (SSSR count). The Hall–Kier alpha value is -0.410. The highest BCUT2D eigenvalue weighted by Crippen LogP contribution is 2.22. The first-order valence-electron chi connectivity index (χ1n) is 5.69. The highest BCUT2D eigenvalue weighted by Gasteiger charge is 2.10. The molecule has 0 atom stereocenters. The lowest BCUT2D eigenvalue weighted by Gasteiger charge is -2.23. The minimum Gasteiger partial charge on any atom is -0.299 e. The summed E-state index contributed by atoms with van der Waals surface area (Å²) in [6, 6.07) is 5.21. The van der Waals surface area contributed by atoms with Crippen LogP contribution in [-0.4, -0.2) is 18.0 Å². The normalized spacial score (nSPS) is 11.4.